The minimum absolute atomic E-state index is 0.0960. The van der Waals surface area contributed by atoms with Crippen LogP contribution in [0.4, 0.5) is 24.7 Å². The zero-order valence-electron chi connectivity index (χ0n) is 19.9. The fraction of sp³-hybridized carbons (Fsp3) is 0.320. The Labute approximate surface area is 205 Å². The largest absolute Gasteiger partial charge is 0.467 e. The predicted octanol–water partition coefficient (Wildman–Crippen LogP) is 5.56. The third-order valence-corrected chi connectivity index (χ3v) is 6.38. The molecule has 2 N–H and O–H groups in total. The van der Waals surface area contributed by atoms with E-state index in [1.807, 2.05) is 38.1 Å². The molecule has 1 aliphatic heterocycles. The first-order valence-electron chi connectivity index (χ1n) is 11.5. The van der Waals surface area contributed by atoms with Crippen LogP contribution in [0, 0.1) is 20.8 Å². The maximum atomic E-state index is 13.9. The number of hydrogen-bond acceptors (Lipinski definition) is 5. The molecule has 3 aromatic heterocycles. The highest BCUT2D eigenvalue weighted by Gasteiger charge is 2.47. The third-order valence-electron chi connectivity index (χ3n) is 6.38. The van der Waals surface area contributed by atoms with Crippen molar-refractivity contribution in [1.29, 1.82) is 0 Å². The van der Waals surface area contributed by atoms with E-state index < -0.39 is 24.2 Å². The van der Waals surface area contributed by atoms with Crippen LogP contribution >= 0.6 is 0 Å². The summed E-state index contributed by atoms with van der Waals surface area (Å²) in [6.07, 6.45) is -3.45. The highest BCUT2D eigenvalue weighted by atomic mass is 19.4. The SMILES string of the molecule is Cc1ccc(Cn2nc(C)c(NC(=O)c3cc4n(n3)[C@@H](C(F)(F)F)C[C@@H](c3ccco3)N4)c2C)cc1. The molecule has 36 heavy (non-hydrogen) atoms. The van der Waals surface area contributed by atoms with E-state index in [1.54, 1.807) is 23.7 Å². The Bertz CT molecular complexity index is 1390. The fourth-order valence-electron chi connectivity index (χ4n) is 4.44. The summed E-state index contributed by atoms with van der Waals surface area (Å²) in [7, 11) is 0. The van der Waals surface area contributed by atoms with Gasteiger partial charge in [-0.25, -0.2) is 4.68 Å². The summed E-state index contributed by atoms with van der Waals surface area (Å²) in [5.41, 5.74) is 3.92. The lowest BCUT2D eigenvalue weighted by atomic mass is 10.0. The number of nitrogens with zero attached hydrogens (tertiary/aromatic N) is 4. The van der Waals surface area contributed by atoms with E-state index in [0.29, 0.717) is 23.7 Å². The van der Waals surface area contributed by atoms with Crippen molar-refractivity contribution in [3.63, 3.8) is 0 Å². The Morgan fingerprint density at radius 2 is 1.92 bits per heavy atom. The summed E-state index contributed by atoms with van der Waals surface area (Å²) in [6, 6.07) is 10.0. The first-order valence-corrected chi connectivity index (χ1v) is 11.5. The van der Waals surface area contributed by atoms with Crippen LogP contribution in [-0.2, 0) is 6.54 Å². The number of aryl methyl sites for hydroxylation is 2. The number of hydrogen-bond donors (Lipinski definition) is 2. The number of halogens is 3. The van der Waals surface area contributed by atoms with Gasteiger partial charge in [0.1, 0.15) is 11.6 Å². The lowest BCUT2D eigenvalue weighted by Gasteiger charge is -2.32. The van der Waals surface area contributed by atoms with Crippen molar-refractivity contribution in [2.75, 3.05) is 10.6 Å². The van der Waals surface area contributed by atoms with Crippen molar-refractivity contribution in [2.45, 2.75) is 52.0 Å². The van der Waals surface area contributed by atoms with E-state index in [9.17, 15) is 18.0 Å². The Kier molecular flexibility index (Phi) is 5.85. The van der Waals surface area contributed by atoms with Crippen molar-refractivity contribution in [1.82, 2.24) is 19.6 Å². The second kappa shape index (κ2) is 8.89. The van der Waals surface area contributed by atoms with Crippen LogP contribution < -0.4 is 10.6 Å². The predicted molar refractivity (Wildman–Crippen MR) is 127 cm³/mol. The first-order chi connectivity index (χ1) is 17.1. The molecule has 11 heteroatoms. The number of carbonyl (C=O) groups excluding carboxylic acids is 1. The molecule has 8 nitrogen and oxygen atoms in total. The van der Waals surface area contributed by atoms with E-state index in [-0.39, 0.29) is 17.9 Å². The number of anilines is 2. The molecular formula is C25H25F3N6O2. The second-order valence-corrected chi connectivity index (χ2v) is 9.01. The molecule has 1 aromatic carbocycles. The lowest BCUT2D eigenvalue weighted by molar-refractivity contribution is -0.174. The van der Waals surface area contributed by atoms with Crippen LogP contribution in [0.25, 0.3) is 0 Å². The van der Waals surface area contributed by atoms with Gasteiger partial charge in [0, 0.05) is 12.5 Å². The van der Waals surface area contributed by atoms with Gasteiger partial charge < -0.3 is 15.1 Å². The van der Waals surface area contributed by atoms with E-state index in [4.69, 9.17) is 4.42 Å². The van der Waals surface area contributed by atoms with E-state index in [0.717, 1.165) is 21.5 Å². The van der Waals surface area contributed by atoms with E-state index >= 15 is 0 Å². The quantitative estimate of drug-likeness (QED) is 0.376. The van der Waals surface area contributed by atoms with Crippen LogP contribution in [0.1, 0.15) is 57.3 Å². The molecule has 4 aromatic rings. The van der Waals surface area contributed by atoms with Crippen molar-refractivity contribution in [3.05, 3.63) is 82.7 Å². The van der Waals surface area contributed by atoms with Gasteiger partial charge in [-0.1, -0.05) is 29.8 Å². The molecule has 5 rings (SSSR count). The highest BCUT2D eigenvalue weighted by molar-refractivity contribution is 6.04. The summed E-state index contributed by atoms with van der Waals surface area (Å²) in [5.74, 6) is -0.135. The fourth-order valence-corrected chi connectivity index (χ4v) is 4.44. The topological polar surface area (TPSA) is 89.9 Å². The van der Waals surface area contributed by atoms with Crippen LogP contribution in [0.5, 0.6) is 0 Å². The van der Waals surface area contributed by atoms with Gasteiger partial charge in [-0.05, 0) is 38.5 Å². The van der Waals surface area contributed by atoms with Gasteiger partial charge in [-0.15, -0.1) is 0 Å². The highest BCUT2D eigenvalue weighted by Crippen LogP contribution is 2.43. The maximum Gasteiger partial charge on any atom is 0.410 e. The lowest BCUT2D eigenvalue weighted by Crippen LogP contribution is -2.35. The summed E-state index contributed by atoms with van der Waals surface area (Å²) < 4.78 is 49.5. The number of fused-ring (bicyclic) bond motifs is 1. The van der Waals surface area contributed by atoms with Gasteiger partial charge >= 0.3 is 6.18 Å². The van der Waals surface area contributed by atoms with Gasteiger partial charge in [0.05, 0.1) is 35.9 Å². The summed E-state index contributed by atoms with van der Waals surface area (Å²) in [6.45, 7) is 6.13. The number of alkyl halides is 3. The average molecular weight is 499 g/mol. The Morgan fingerprint density at radius 1 is 1.17 bits per heavy atom. The van der Waals surface area contributed by atoms with Gasteiger partial charge in [0.2, 0.25) is 0 Å². The molecular weight excluding hydrogens is 473 g/mol. The molecule has 188 valence electrons. The van der Waals surface area contributed by atoms with Crippen LogP contribution in [-0.4, -0.2) is 31.6 Å². The van der Waals surface area contributed by atoms with Gasteiger partial charge in [-0.3, -0.25) is 9.48 Å². The molecule has 0 aliphatic carbocycles. The standard InChI is InChI=1S/C25H25F3N6O2/c1-14-6-8-17(9-7-14)13-33-16(3)23(15(2)31-33)30-24(35)19-12-22-29-18(20-5-4-10-36-20)11-21(25(26,27)28)34(22)32-19/h4-10,12,18,21,29H,11,13H2,1-3H3,(H,30,35)/t18-,21+/m0/s1. The average Bonchev–Trinajstić information content (AvgIpc) is 3.56. The number of aromatic nitrogens is 4. The minimum atomic E-state index is -4.55. The number of benzene rings is 1. The van der Waals surface area contributed by atoms with Gasteiger partial charge in [0.15, 0.2) is 11.7 Å². The summed E-state index contributed by atoms with van der Waals surface area (Å²) in [5, 5.41) is 14.3. The number of nitrogens with one attached hydrogen (secondary N) is 2. The molecule has 2 atom stereocenters. The zero-order chi connectivity index (χ0) is 25.6. The molecule has 0 saturated carbocycles. The van der Waals surface area contributed by atoms with Crippen molar-refractivity contribution >= 4 is 17.4 Å². The van der Waals surface area contributed by atoms with Crippen molar-refractivity contribution < 1.29 is 22.4 Å². The van der Waals surface area contributed by atoms with Crippen LogP contribution in [0.15, 0.2) is 53.1 Å². The van der Waals surface area contributed by atoms with Gasteiger partial charge in [0.25, 0.3) is 5.91 Å². The molecule has 0 bridgehead atoms. The van der Waals surface area contributed by atoms with E-state index in [2.05, 4.69) is 20.8 Å². The van der Waals surface area contributed by atoms with Crippen LogP contribution in [0.3, 0.4) is 0 Å². The molecule has 1 amide bonds. The van der Waals surface area contributed by atoms with Gasteiger partial charge in [-0.2, -0.15) is 23.4 Å². The molecule has 0 spiro atoms. The Balaban J connectivity index is 1.39. The molecule has 0 unspecified atom stereocenters. The normalized spacial score (nSPS) is 17.5. The van der Waals surface area contributed by atoms with Crippen molar-refractivity contribution in [3.8, 4) is 0 Å². The minimum Gasteiger partial charge on any atom is -0.467 e. The summed E-state index contributed by atoms with van der Waals surface area (Å²) >= 11 is 0. The zero-order valence-corrected chi connectivity index (χ0v) is 19.9. The first kappa shape index (κ1) is 23.7. The Hall–Kier alpha value is -4.02. The molecule has 0 radical (unpaired) electrons. The number of amides is 1. The third kappa shape index (κ3) is 4.48. The molecule has 4 heterocycles. The Morgan fingerprint density at radius 3 is 2.58 bits per heavy atom. The molecule has 0 fully saturated rings. The smallest absolute Gasteiger partial charge is 0.410 e. The summed E-state index contributed by atoms with van der Waals surface area (Å²) in [4.78, 5) is 13.1. The molecule has 0 saturated heterocycles. The van der Waals surface area contributed by atoms with Crippen LogP contribution in [0.2, 0.25) is 0 Å². The molecule has 1 aliphatic rings. The monoisotopic (exact) mass is 498 g/mol. The number of rotatable bonds is 5. The van der Waals surface area contributed by atoms with E-state index in [1.165, 1.54) is 12.3 Å². The maximum absolute atomic E-state index is 13.9. The second-order valence-electron chi connectivity index (χ2n) is 9.01. The van der Waals surface area contributed by atoms with Crippen molar-refractivity contribution in [2.24, 2.45) is 0 Å². The number of furan rings is 1. The number of carbonyl (C=O) groups is 1.